The van der Waals surface area contributed by atoms with Crippen molar-refractivity contribution in [3.63, 3.8) is 0 Å². The first-order chi connectivity index (χ1) is 11.7. The summed E-state index contributed by atoms with van der Waals surface area (Å²) in [7, 11) is 1.38. The maximum Gasteiger partial charge on any atom is 0.341 e. The van der Waals surface area contributed by atoms with Crippen molar-refractivity contribution in [1.82, 2.24) is 10.2 Å². The first-order valence-corrected chi connectivity index (χ1v) is 9.50. The second-order valence-electron chi connectivity index (χ2n) is 6.34. The van der Waals surface area contributed by atoms with E-state index in [9.17, 15) is 9.59 Å². The van der Waals surface area contributed by atoms with Crippen molar-refractivity contribution >= 4 is 28.3 Å². The standard InChI is InChI=1S/C17H25N3O3S/c1-23-16(21)14-12-6-5-7-13(12)24-15(14)19-17(22)18-8-11-20-9-3-2-4-10-20/h2-11H2,1H3,(H2,18,19,22). The smallest absolute Gasteiger partial charge is 0.341 e. The number of anilines is 1. The number of methoxy groups -OCH3 is 1. The van der Waals surface area contributed by atoms with Crippen LogP contribution in [0.25, 0.3) is 0 Å². The Bertz CT molecular complexity index is 608. The SMILES string of the molecule is COC(=O)c1c(NC(=O)NCCN2CCCCC2)sc2c1CCC2. The zero-order valence-corrected chi connectivity index (χ0v) is 15.0. The fourth-order valence-corrected chi connectivity index (χ4v) is 4.74. The fourth-order valence-electron chi connectivity index (χ4n) is 3.47. The van der Waals surface area contributed by atoms with Gasteiger partial charge in [0.05, 0.1) is 12.7 Å². The van der Waals surface area contributed by atoms with Gasteiger partial charge in [-0.05, 0) is 50.8 Å². The molecule has 7 heteroatoms. The molecule has 0 bridgehead atoms. The van der Waals surface area contributed by atoms with Gasteiger partial charge in [-0.25, -0.2) is 9.59 Å². The number of nitrogens with zero attached hydrogens (tertiary/aromatic N) is 1. The maximum atomic E-state index is 12.2. The van der Waals surface area contributed by atoms with Crippen molar-refractivity contribution in [2.45, 2.75) is 38.5 Å². The summed E-state index contributed by atoms with van der Waals surface area (Å²) >= 11 is 1.50. The number of aryl methyl sites for hydroxylation is 1. The normalized spacial score (nSPS) is 17.4. The zero-order chi connectivity index (χ0) is 16.9. The summed E-state index contributed by atoms with van der Waals surface area (Å²) in [6.07, 6.45) is 6.72. The highest BCUT2D eigenvalue weighted by Gasteiger charge is 2.27. The van der Waals surface area contributed by atoms with Crippen LogP contribution < -0.4 is 10.6 Å². The predicted octanol–water partition coefficient (Wildman–Crippen LogP) is 2.63. The molecule has 2 amide bonds. The van der Waals surface area contributed by atoms with Gasteiger partial charge in [0.1, 0.15) is 5.00 Å². The first kappa shape index (κ1) is 17.2. The highest BCUT2D eigenvalue weighted by molar-refractivity contribution is 7.17. The molecule has 0 unspecified atom stereocenters. The lowest BCUT2D eigenvalue weighted by atomic mass is 10.1. The quantitative estimate of drug-likeness (QED) is 0.800. The van der Waals surface area contributed by atoms with Gasteiger partial charge in [-0.15, -0.1) is 11.3 Å². The van der Waals surface area contributed by atoms with E-state index >= 15 is 0 Å². The van der Waals surface area contributed by atoms with Crippen molar-refractivity contribution in [2.24, 2.45) is 0 Å². The molecular weight excluding hydrogens is 326 g/mol. The predicted molar refractivity (Wildman–Crippen MR) is 95.0 cm³/mol. The van der Waals surface area contributed by atoms with Crippen molar-refractivity contribution in [3.05, 3.63) is 16.0 Å². The molecule has 0 aromatic carbocycles. The highest BCUT2D eigenvalue weighted by Crippen LogP contribution is 2.39. The van der Waals surface area contributed by atoms with E-state index in [-0.39, 0.29) is 12.0 Å². The van der Waals surface area contributed by atoms with E-state index in [4.69, 9.17) is 4.74 Å². The third-order valence-corrected chi connectivity index (χ3v) is 5.91. The maximum absolute atomic E-state index is 12.2. The Labute approximate surface area is 146 Å². The number of piperidine rings is 1. The minimum Gasteiger partial charge on any atom is -0.465 e. The summed E-state index contributed by atoms with van der Waals surface area (Å²) in [4.78, 5) is 27.8. The van der Waals surface area contributed by atoms with Gasteiger partial charge in [-0.2, -0.15) is 0 Å². The Hall–Kier alpha value is -1.60. The topological polar surface area (TPSA) is 70.7 Å². The summed E-state index contributed by atoms with van der Waals surface area (Å²) in [5.74, 6) is -0.363. The molecule has 1 aromatic heterocycles. The lowest BCUT2D eigenvalue weighted by Gasteiger charge is -2.26. The van der Waals surface area contributed by atoms with Crippen LogP contribution in [-0.4, -0.2) is 50.2 Å². The summed E-state index contributed by atoms with van der Waals surface area (Å²) in [5, 5.41) is 6.35. The Kier molecular flexibility index (Phi) is 5.73. The van der Waals surface area contributed by atoms with Gasteiger partial charge >= 0.3 is 12.0 Å². The molecule has 0 saturated carbocycles. The number of nitrogens with one attached hydrogen (secondary N) is 2. The summed E-state index contributed by atoms with van der Waals surface area (Å²) in [5.41, 5.74) is 1.59. The minimum atomic E-state index is -0.363. The van der Waals surface area contributed by atoms with Gasteiger partial charge in [-0.3, -0.25) is 5.32 Å². The Balaban J connectivity index is 1.55. The Morgan fingerprint density at radius 3 is 2.71 bits per heavy atom. The van der Waals surface area contributed by atoms with E-state index in [0.717, 1.165) is 44.5 Å². The molecule has 3 rings (SSSR count). The monoisotopic (exact) mass is 351 g/mol. The van der Waals surface area contributed by atoms with Crippen LogP contribution in [0.15, 0.2) is 0 Å². The van der Waals surface area contributed by atoms with Crippen molar-refractivity contribution in [3.8, 4) is 0 Å². The molecule has 2 aliphatic rings. The van der Waals surface area contributed by atoms with E-state index in [0.29, 0.717) is 17.1 Å². The van der Waals surface area contributed by atoms with E-state index in [1.807, 2.05) is 0 Å². The minimum absolute atomic E-state index is 0.253. The lowest BCUT2D eigenvalue weighted by Crippen LogP contribution is -2.39. The van der Waals surface area contributed by atoms with Crippen LogP contribution in [0.4, 0.5) is 9.80 Å². The van der Waals surface area contributed by atoms with Gasteiger partial charge in [-0.1, -0.05) is 6.42 Å². The molecule has 24 heavy (non-hydrogen) atoms. The van der Waals surface area contributed by atoms with E-state index in [1.54, 1.807) is 0 Å². The number of ether oxygens (including phenoxy) is 1. The Morgan fingerprint density at radius 2 is 1.96 bits per heavy atom. The number of amides is 2. The van der Waals surface area contributed by atoms with Crippen LogP contribution in [-0.2, 0) is 17.6 Å². The van der Waals surface area contributed by atoms with Crippen molar-refractivity contribution in [1.29, 1.82) is 0 Å². The molecule has 0 spiro atoms. The van der Waals surface area contributed by atoms with Crippen LogP contribution in [0.1, 0.15) is 46.5 Å². The fraction of sp³-hybridized carbons (Fsp3) is 0.647. The Morgan fingerprint density at radius 1 is 1.17 bits per heavy atom. The summed E-state index contributed by atoms with van der Waals surface area (Å²) in [6, 6.07) is -0.253. The van der Waals surface area contributed by atoms with Gasteiger partial charge in [0, 0.05) is 18.0 Å². The highest BCUT2D eigenvalue weighted by atomic mass is 32.1. The molecule has 2 heterocycles. The number of hydrogen-bond donors (Lipinski definition) is 2. The number of thiophene rings is 1. The van der Waals surface area contributed by atoms with Crippen molar-refractivity contribution in [2.75, 3.05) is 38.6 Å². The number of fused-ring (bicyclic) bond motifs is 1. The summed E-state index contributed by atoms with van der Waals surface area (Å²) < 4.78 is 4.89. The molecule has 1 aliphatic heterocycles. The van der Waals surface area contributed by atoms with Crippen LogP contribution in [0.3, 0.4) is 0 Å². The van der Waals surface area contributed by atoms with Crippen LogP contribution in [0.5, 0.6) is 0 Å². The second-order valence-corrected chi connectivity index (χ2v) is 7.44. The molecule has 1 aliphatic carbocycles. The number of carbonyl (C=O) groups is 2. The molecule has 1 fully saturated rings. The third kappa shape index (κ3) is 3.89. The molecule has 1 saturated heterocycles. The number of likely N-dealkylation sites (tertiary alicyclic amines) is 1. The summed E-state index contributed by atoms with van der Waals surface area (Å²) in [6.45, 7) is 3.73. The molecule has 2 N–H and O–H groups in total. The van der Waals surface area contributed by atoms with Gasteiger partial charge in [0.25, 0.3) is 0 Å². The molecule has 1 aromatic rings. The largest absolute Gasteiger partial charge is 0.465 e. The number of carbonyl (C=O) groups excluding carboxylic acids is 2. The second kappa shape index (κ2) is 7.98. The third-order valence-electron chi connectivity index (χ3n) is 4.70. The number of esters is 1. The number of rotatable bonds is 5. The molecule has 0 atom stereocenters. The van der Waals surface area contributed by atoms with Gasteiger partial charge < -0.3 is 15.0 Å². The molecule has 132 valence electrons. The van der Waals surface area contributed by atoms with Gasteiger partial charge in [0.15, 0.2) is 0 Å². The zero-order valence-electron chi connectivity index (χ0n) is 14.2. The average molecular weight is 351 g/mol. The van der Waals surface area contributed by atoms with Crippen molar-refractivity contribution < 1.29 is 14.3 Å². The van der Waals surface area contributed by atoms with Gasteiger partial charge in [0.2, 0.25) is 0 Å². The molecule has 6 nitrogen and oxygen atoms in total. The average Bonchev–Trinajstić information content (AvgIpc) is 3.15. The lowest BCUT2D eigenvalue weighted by molar-refractivity contribution is 0.0601. The van der Waals surface area contributed by atoms with Crippen LogP contribution >= 0.6 is 11.3 Å². The van der Waals surface area contributed by atoms with E-state index < -0.39 is 0 Å². The van der Waals surface area contributed by atoms with Crippen LogP contribution in [0.2, 0.25) is 0 Å². The number of urea groups is 1. The van der Waals surface area contributed by atoms with Crippen LogP contribution in [0, 0.1) is 0 Å². The first-order valence-electron chi connectivity index (χ1n) is 8.69. The van der Waals surface area contributed by atoms with E-state index in [2.05, 4.69) is 15.5 Å². The number of hydrogen-bond acceptors (Lipinski definition) is 5. The molecule has 0 radical (unpaired) electrons. The van der Waals surface area contributed by atoms with E-state index in [1.165, 1.54) is 42.6 Å². The molecular formula is C17H25N3O3S.